The molecule has 3 nitrogen and oxygen atoms in total. The second kappa shape index (κ2) is 6.23. The Bertz CT molecular complexity index is 594. The Morgan fingerprint density at radius 3 is 2.15 bits per heavy atom. The van der Waals surface area contributed by atoms with E-state index in [1.807, 2.05) is 38.1 Å². The summed E-state index contributed by atoms with van der Waals surface area (Å²) in [4.78, 5) is 0. The van der Waals surface area contributed by atoms with Crippen molar-refractivity contribution in [2.24, 2.45) is 5.73 Å². The van der Waals surface area contributed by atoms with Crippen molar-refractivity contribution in [3.63, 3.8) is 0 Å². The van der Waals surface area contributed by atoms with Gasteiger partial charge in [0.1, 0.15) is 11.9 Å². The lowest BCUT2D eigenvalue weighted by Crippen LogP contribution is -2.29. The molecule has 0 saturated carbocycles. The summed E-state index contributed by atoms with van der Waals surface area (Å²) in [5.41, 5.74) is 8.90. The number of hydrogen-bond donors (Lipinski definition) is 1. The molecule has 0 amide bonds. The van der Waals surface area contributed by atoms with Crippen LogP contribution >= 0.6 is 0 Å². The van der Waals surface area contributed by atoms with E-state index in [9.17, 15) is 0 Å². The van der Waals surface area contributed by atoms with Crippen LogP contribution in [0.15, 0.2) is 48.5 Å². The number of rotatable bonds is 4. The van der Waals surface area contributed by atoms with Crippen LogP contribution in [-0.4, -0.2) is 6.04 Å². The van der Waals surface area contributed by atoms with E-state index in [1.165, 1.54) is 5.56 Å². The average Bonchev–Trinajstić information content (AvgIpc) is 2.46. The fourth-order valence-electron chi connectivity index (χ4n) is 1.99. The molecule has 0 spiro atoms. The quantitative estimate of drug-likeness (QED) is 0.923. The highest BCUT2D eigenvalue weighted by Crippen LogP contribution is 2.24. The minimum atomic E-state index is -0.205. The maximum Gasteiger partial charge on any atom is 0.138 e. The molecule has 0 aliphatic rings. The number of aryl methyl sites for hydroxylation is 1. The Morgan fingerprint density at radius 1 is 1.05 bits per heavy atom. The van der Waals surface area contributed by atoms with Gasteiger partial charge in [0.15, 0.2) is 0 Å². The average molecular weight is 266 g/mol. The SMILES string of the molecule is Cc1ccc(C(Oc2ccc(C#N)cc2)C(C)N)cc1. The molecule has 0 aliphatic carbocycles. The van der Waals surface area contributed by atoms with Crippen LogP contribution in [0.4, 0.5) is 0 Å². The Balaban J connectivity index is 2.21. The molecule has 2 N–H and O–H groups in total. The van der Waals surface area contributed by atoms with Crippen LogP contribution < -0.4 is 10.5 Å². The lowest BCUT2D eigenvalue weighted by molar-refractivity contribution is 0.180. The highest BCUT2D eigenvalue weighted by Gasteiger charge is 2.18. The maximum absolute atomic E-state index is 8.79. The molecule has 0 bridgehead atoms. The zero-order valence-corrected chi connectivity index (χ0v) is 11.7. The molecular weight excluding hydrogens is 248 g/mol. The lowest BCUT2D eigenvalue weighted by atomic mass is 10.0. The molecule has 0 saturated heterocycles. The van der Waals surface area contributed by atoms with Gasteiger partial charge in [0.25, 0.3) is 0 Å². The Labute approximate surface area is 119 Å². The lowest BCUT2D eigenvalue weighted by Gasteiger charge is -2.23. The first kappa shape index (κ1) is 14.1. The molecule has 2 atom stereocenters. The van der Waals surface area contributed by atoms with E-state index < -0.39 is 0 Å². The van der Waals surface area contributed by atoms with Gasteiger partial charge >= 0.3 is 0 Å². The smallest absolute Gasteiger partial charge is 0.138 e. The summed E-state index contributed by atoms with van der Waals surface area (Å²) in [6.45, 7) is 3.97. The van der Waals surface area contributed by atoms with Gasteiger partial charge in [0.05, 0.1) is 11.6 Å². The summed E-state index contributed by atoms with van der Waals surface area (Å²) in [6, 6.07) is 17.2. The number of nitrogens with zero attached hydrogens (tertiary/aromatic N) is 1. The highest BCUT2D eigenvalue weighted by molar-refractivity contribution is 5.35. The second-order valence-corrected chi connectivity index (χ2v) is 4.94. The van der Waals surface area contributed by atoms with Gasteiger partial charge in [-0.05, 0) is 43.7 Å². The van der Waals surface area contributed by atoms with Crippen molar-refractivity contribution in [2.45, 2.75) is 26.0 Å². The number of benzene rings is 2. The van der Waals surface area contributed by atoms with E-state index in [0.29, 0.717) is 11.3 Å². The highest BCUT2D eigenvalue weighted by atomic mass is 16.5. The molecular formula is C17H18N2O. The van der Waals surface area contributed by atoms with Crippen molar-refractivity contribution >= 4 is 0 Å². The molecule has 0 fully saturated rings. The third-order valence-corrected chi connectivity index (χ3v) is 3.13. The maximum atomic E-state index is 8.79. The predicted molar refractivity (Wildman–Crippen MR) is 79.4 cm³/mol. The third-order valence-electron chi connectivity index (χ3n) is 3.13. The fourth-order valence-corrected chi connectivity index (χ4v) is 1.99. The largest absolute Gasteiger partial charge is 0.484 e. The van der Waals surface area contributed by atoms with Crippen LogP contribution in [0, 0.1) is 18.3 Å². The minimum absolute atomic E-state index is 0.131. The van der Waals surface area contributed by atoms with Crippen LogP contribution in [-0.2, 0) is 0 Å². The molecule has 0 radical (unpaired) electrons. The molecule has 102 valence electrons. The Morgan fingerprint density at radius 2 is 1.65 bits per heavy atom. The van der Waals surface area contributed by atoms with Crippen molar-refractivity contribution in [3.05, 3.63) is 65.2 Å². The van der Waals surface area contributed by atoms with Crippen LogP contribution in [0.2, 0.25) is 0 Å². The third kappa shape index (κ3) is 3.37. The number of ether oxygens (including phenoxy) is 1. The van der Waals surface area contributed by atoms with E-state index >= 15 is 0 Å². The number of nitrogens with two attached hydrogens (primary N) is 1. The monoisotopic (exact) mass is 266 g/mol. The molecule has 3 heteroatoms. The molecule has 2 aromatic rings. The first-order valence-electron chi connectivity index (χ1n) is 6.59. The van der Waals surface area contributed by atoms with Crippen molar-refractivity contribution in [1.29, 1.82) is 5.26 Å². The normalized spacial score (nSPS) is 13.3. The first-order chi connectivity index (χ1) is 9.60. The summed E-state index contributed by atoms with van der Waals surface area (Å²) in [5.74, 6) is 0.715. The van der Waals surface area contributed by atoms with Crippen molar-refractivity contribution in [2.75, 3.05) is 0 Å². The van der Waals surface area contributed by atoms with Gasteiger partial charge in [-0.1, -0.05) is 29.8 Å². The van der Waals surface area contributed by atoms with E-state index in [-0.39, 0.29) is 12.1 Å². The molecule has 2 unspecified atom stereocenters. The summed E-state index contributed by atoms with van der Waals surface area (Å²) < 4.78 is 5.97. The topological polar surface area (TPSA) is 59.0 Å². The van der Waals surface area contributed by atoms with Crippen LogP contribution in [0.3, 0.4) is 0 Å². The van der Waals surface area contributed by atoms with Crippen molar-refractivity contribution in [3.8, 4) is 11.8 Å². The zero-order chi connectivity index (χ0) is 14.5. The van der Waals surface area contributed by atoms with Gasteiger partial charge in [-0.3, -0.25) is 0 Å². The predicted octanol–water partition coefficient (Wildman–Crippen LogP) is 3.33. The summed E-state index contributed by atoms with van der Waals surface area (Å²) in [7, 11) is 0. The van der Waals surface area contributed by atoms with Crippen LogP contribution in [0.1, 0.15) is 29.7 Å². The molecule has 2 rings (SSSR count). The zero-order valence-electron chi connectivity index (χ0n) is 11.7. The standard InChI is InChI=1S/C17H18N2O/c1-12-3-7-15(8-4-12)17(13(2)19)20-16-9-5-14(11-18)6-10-16/h3-10,13,17H,19H2,1-2H3. The summed E-state index contributed by atoms with van der Waals surface area (Å²) in [5, 5.41) is 8.79. The van der Waals surface area contributed by atoms with E-state index in [0.717, 1.165) is 5.56 Å². The molecule has 0 heterocycles. The van der Waals surface area contributed by atoms with Gasteiger partial charge in [0, 0.05) is 6.04 Å². The number of nitriles is 1. The van der Waals surface area contributed by atoms with E-state index in [1.54, 1.807) is 24.3 Å². The minimum Gasteiger partial charge on any atom is -0.484 e. The van der Waals surface area contributed by atoms with Crippen LogP contribution in [0.25, 0.3) is 0 Å². The van der Waals surface area contributed by atoms with Gasteiger partial charge in [0.2, 0.25) is 0 Å². The van der Waals surface area contributed by atoms with Crippen LogP contribution in [0.5, 0.6) is 5.75 Å². The first-order valence-corrected chi connectivity index (χ1v) is 6.59. The van der Waals surface area contributed by atoms with Gasteiger partial charge in [-0.2, -0.15) is 5.26 Å². The van der Waals surface area contributed by atoms with Crippen molar-refractivity contribution < 1.29 is 4.74 Å². The fraction of sp³-hybridized carbons (Fsp3) is 0.235. The molecule has 0 aromatic heterocycles. The van der Waals surface area contributed by atoms with Crippen molar-refractivity contribution in [1.82, 2.24) is 0 Å². The Hall–Kier alpha value is -2.31. The summed E-state index contributed by atoms with van der Waals surface area (Å²) in [6.07, 6.45) is -0.205. The molecule has 2 aromatic carbocycles. The number of hydrogen-bond acceptors (Lipinski definition) is 3. The van der Waals surface area contributed by atoms with E-state index in [4.69, 9.17) is 15.7 Å². The second-order valence-electron chi connectivity index (χ2n) is 4.94. The molecule has 0 aliphatic heterocycles. The van der Waals surface area contributed by atoms with Gasteiger partial charge in [-0.25, -0.2) is 0 Å². The Kier molecular flexibility index (Phi) is 4.39. The molecule has 20 heavy (non-hydrogen) atoms. The van der Waals surface area contributed by atoms with Gasteiger partial charge < -0.3 is 10.5 Å². The van der Waals surface area contributed by atoms with Gasteiger partial charge in [-0.15, -0.1) is 0 Å². The summed E-state index contributed by atoms with van der Waals surface area (Å²) >= 11 is 0. The van der Waals surface area contributed by atoms with E-state index in [2.05, 4.69) is 6.07 Å².